The van der Waals surface area contributed by atoms with Crippen molar-refractivity contribution in [3.8, 4) is 5.75 Å². The van der Waals surface area contributed by atoms with Crippen molar-refractivity contribution < 1.29 is 42.9 Å². The van der Waals surface area contributed by atoms with E-state index in [4.69, 9.17) is 18.9 Å². The molecule has 0 aromatic heterocycles. The summed E-state index contributed by atoms with van der Waals surface area (Å²) in [5.41, 5.74) is 0.410. The van der Waals surface area contributed by atoms with Crippen LogP contribution in [0.15, 0.2) is 24.3 Å². The van der Waals surface area contributed by atoms with Gasteiger partial charge in [-0.25, -0.2) is 0 Å². The van der Waals surface area contributed by atoms with E-state index in [1.807, 2.05) is 41.5 Å². The summed E-state index contributed by atoms with van der Waals surface area (Å²) >= 11 is 0. The zero-order valence-corrected chi connectivity index (χ0v) is 35.6. The molecule has 1 aromatic carbocycles. The van der Waals surface area contributed by atoms with Gasteiger partial charge >= 0.3 is 0 Å². The third kappa shape index (κ3) is 12.2. The molecule has 4 amide bonds. The van der Waals surface area contributed by atoms with Crippen LogP contribution < -0.4 is 20.7 Å². The Bertz CT molecular complexity index is 1420. The maximum Gasteiger partial charge on any atom is 0.245 e. The number of carbonyl (C=O) groups is 5. The van der Waals surface area contributed by atoms with E-state index < -0.39 is 54.2 Å². The van der Waals surface area contributed by atoms with Gasteiger partial charge in [0.25, 0.3) is 0 Å². The minimum atomic E-state index is -0.823. The quantitative estimate of drug-likeness (QED) is 0.149. The van der Waals surface area contributed by atoms with Gasteiger partial charge in [0.05, 0.1) is 61.9 Å². The maximum absolute atomic E-state index is 14.4. The highest BCUT2D eigenvalue weighted by atomic mass is 16.5. The van der Waals surface area contributed by atoms with Gasteiger partial charge < -0.3 is 44.7 Å². The van der Waals surface area contributed by atoms with Crippen molar-refractivity contribution in [2.75, 3.05) is 49.1 Å². The Hall–Kier alpha value is -3.59. The summed E-state index contributed by atoms with van der Waals surface area (Å²) in [6.07, 6.45) is -0.614. The van der Waals surface area contributed by atoms with Crippen molar-refractivity contribution in [3.05, 3.63) is 29.8 Å². The molecule has 0 radical (unpaired) electrons. The van der Waals surface area contributed by atoms with E-state index in [2.05, 4.69) is 16.0 Å². The molecular formula is C41H69N5O9. The summed E-state index contributed by atoms with van der Waals surface area (Å²) in [5, 5.41) is 8.85. The number of methoxy groups -OCH3 is 4. The Morgan fingerprint density at radius 2 is 1.53 bits per heavy atom. The van der Waals surface area contributed by atoms with Gasteiger partial charge in [-0.2, -0.15) is 0 Å². The number of likely N-dealkylation sites (tertiary alicyclic amines) is 1. The molecule has 1 heterocycles. The van der Waals surface area contributed by atoms with Crippen LogP contribution in [0.25, 0.3) is 0 Å². The van der Waals surface area contributed by atoms with Crippen LogP contribution in [0.1, 0.15) is 85.0 Å². The van der Waals surface area contributed by atoms with Gasteiger partial charge in [-0.05, 0) is 50.3 Å². The second kappa shape index (κ2) is 22.2. The molecule has 14 nitrogen and oxygen atoms in total. The van der Waals surface area contributed by atoms with E-state index in [1.165, 1.54) is 21.3 Å². The van der Waals surface area contributed by atoms with E-state index in [0.29, 0.717) is 24.2 Å². The fourth-order valence-corrected chi connectivity index (χ4v) is 7.64. The molecule has 0 saturated carbocycles. The minimum absolute atomic E-state index is 0.0158. The normalized spacial score (nSPS) is 20.2. The molecule has 0 aliphatic carbocycles. The van der Waals surface area contributed by atoms with Gasteiger partial charge in [0, 0.05) is 40.5 Å². The number of likely N-dealkylation sites (N-methyl/N-ethyl adjacent to an activating group) is 2. The largest absolute Gasteiger partial charge is 0.497 e. The van der Waals surface area contributed by atoms with Gasteiger partial charge in [0.1, 0.15) is 11.8 Å². The van der Waals surface area contributed by atoms with Crippen LogP contribution in [0, 0.1) is 23.7 Å². The number of ether oxygens (including phenoxy) is 4. The Balaban J connectivity index is 2.33. The molecule has 10 atom stereocenters. The molecule has 0 bridgehead atoms. The SMILES string of the molecule is CC[C@H](C)[C@@H]([C@@H](CC(=O)N1C[C@H](OC)C[C@@H]1[C@H](OC)[C@@H](C)C(=O)N[C@H](C)C(=O)c1cccc(OC)c1)OC)N(C)C(=O)C(NC(=O)[C@@H](NC)C(C)C)C(C)C. The third-order valence-corrected chi connectivity index (χ3v) is 11.2. The van der Waals surface area contributed by atoms with Crippen molar-refractivity contribution in [1.82, 2.24) is 25.8 Å². The summed E-state index contributed by atoms with van der Waals surface area (Å²) in [7, 11) is 9.57. The highest BCUT2D eigenvalue weighted by Gasteiger charge is 2.46. The van der Waals surface area contributed by atoms with Crippen LogP contribution >= 0.6 is 0 Å². The fraction of sp³-hybridized carbons (Fsp3) is 0.732. The number of amides is 4. The average Bonchev–Trinajstić information content (AvgIpc) is 3.60. The zero-order valence-electron chi connectivity index (χ0n) is 35.6. The molecule has 55 heavy (non-hydrogen) atoms. The Kier molecular flexibility index (Phi) is 19.2. The molecule has 1 saturated heterocycles. The zero-order chi connectivity index (χ0) is 41.7. The van der Waals surface area contributed by atoms with Crippen LogP contribution in [-0.2, 0) is 33.4 Å². The number of Topliss-reactive ketones (excluding diaryl/α,β-unsaturated/α-hetero) is 1. The lowest BCUT2D eigenvalue weighted by atomic mass is 9.89. The molecule has 2 rings (SSSR count). The number of rotatable bonds is 22. The third-order valence-electron chi connectivity index (χ3n) is 11.2. The fourth-order valence-electron chi connectivity index (χ4n) is 7.64. The van der Waals surface area contributed by atoms with Gasteiger partial charge in [-0.15, -0.1) is 0 Å². The average molecular weight is 776 g/mol. The van der Waals surface area contributed by atoms with Gasteiger partial charge in [-0.3, -0.25) is 24.0 Å². The molecule has 3 N–H and O–H groups in total. The van der Waals surface area contributed by atoms with Crippen molar-refractivity contribution >= 4 is 29.4 Å². The molecule has 1 unspecified atom stereocenters. The topological polar surface area (TPSA) is 165 Å². The lowest BCUT2D eigenvalue weighted by Gasteiger charge is -2.41. The lowest BCUT2D eigenvalue weighted by molar-refractivity contribution is -0.148. The van der Waals surface area contributed by atoms with Gasteiger partial charge in [0.15, 0.2) is 5.78 Å². The predicted molar refractivity (Wildman–Crippen MR) is 212 cm³/mol. The van der Waals surface area contributed by atoms with Crippen LogP contribution in [-0.4, -0.2) is 137 Å². The number of benzene rings is 1. The Morgan fingerprint density at radius 1 is 0.891 bits per heavy atom. The monoisotopic (exact) mass is 776 g/mol. The maximum atomic E-state index is 14.4. The first-order valence-electron chi connectivity index (χ1n) is 19.5. The van der Waals surface area contributed by atoms with Crippen molar-refractivity contribution in [2.45, 2.75) is 123 Å². The summed E-state index contributed by atoms with van der Waals surface area (Å²) in [6.45, 7) is 15.3. The Morgan fingerprint density at radius 3 is 2.04 bits per heavy atom. The second-order valence-electron chi connectivity index (χ2n) is 15.6. The summed E-state index contributed by atoms with van der Waals surface area (Å²) < 4.78 is 22.9. The van der Waals surface area contributed by atoms with Crippen molar-refractivity contribution in [2.24, 2.45) is 23.7 Å². The number of carbonyl (C=O) groups excluding carboxylic acids is 5. The molecular weight excluding hydrogens is 706 g/mol. The van der Waals surface area contributed by atoms with Crippen molar-refractivity contribution in [3.63, 3.8) is 0 Å². The number of hydrogen-bond acceptors (Lipinski definition) is 10. The first kappa shape index (κ1) is 47.6. The highest BCUT2D eigenvalue weighted by molar-refractivity contribution is 6.02. The molecule has 0 spiro atoms. The van der Waals surface area contributed by atoms with E-state index in [0.717, 1.165) is 0 Å². The molecule has 1 aromatic rings. The first-order chi connectivity index (χ1) is 25.9. The summed E-state index contributed by atoms with van der Waals surface area (Å²) in [5.74, 6) is -1.86. The molecule has 1 aliphatic rings. The van der Waals surface area contributed by atoms with Crippen LogP contribution in [0.2, 0.25) is 0 Å². The Labute approximate surface area is 329 Å². The highest BCUT2D eigenvalue weighted by Crippen LogP contribution is 2.31. The van der Waals surface area contributed by atoms with Crippen LogP contribution in [0.5, 0.6) is 5.75 Å². The molecule has 1 aliphatic heterocycles. The first-order valence-corrected chi connectivity index (χ1v) is 19.5. The molecule has 312 valence electrons. The van der Waals surface area contributed by atoms with Crippen LogP contribution in [0.4, 0.5) is 0 Å². The van der Waals surface area contributed by atoms with E-state index >= 15 is 0 Å². The van der Waals surface area contributed by atoms with Crippen LogP contribution in [0.3, 0.4) is 0 Å². The second-order valence-corrected chi connectivity index (χ2v) is 15.6. The van der Waals surface area contributed by atoms with Crippen molar-refractivity contribution in [1.29, 1.82) is 0 Å². The van der Waals surface area contributed by atoms with E-state index in [9.17, 15) is 24.0 Å². The number of nitrogens with one attached hydrogen (secondary N) is 3. The van der Waals surface area contributed by atoms with E-state index in [1.54, 1.807) is 69.1 Å². The number of nitrogens with zero attached hydrogens (tertiary/aromatic N) is 2. The van der Waals surface area contributed by atoms with E-state index in [-0.39, 0.29) is 60.3 Å². The number of hydrogen-bond donors (Lipinski definition) is 3. The lowest BCUT2D eigenvalue weighted by Crippen LogP contribution is -2.59. The number of ketones is 1. The van der Waals surface area contributed by atoms with Gasteiger partial charge in [0.2, 0.25) is 23.6 Å². The molecule has 14 heteroatoms. The van der Waals surface area contributed by atoms with Gasteiger partial charge in [-0.1, -0.05) is 67.0 Å². The standard InChI is InChI=1S/C41H69N5O9/c1-15-25(6)36(45(10)41(51)35(24(4)5)44-40(50)34(42-9)23(2)3)32(54-13)21-33(47)46-22-30(53-12)20-31(46)38(55-14)26(7)39(49)43-27(8)37(48)28-17-16-18-29(19-28)52-11/h16-19,23-27,30-32,34-36,38,42H,15,20-22H2,1-14H3,(H,43,49)(H,44,50)/t25-,26+,27+,30+,31+,32+,34-,35?,36-,38+/m0/s1. The molecule has 1 fully saturated rings. The predicted octanol–water partition coefficient (Wildman–Crippen LogP) is 3.31. The summed E-state index contributed by atoms with van der Waals surface area (Å²) in [6, 6.07) is 3.65. The summed E-state index contributed by atoms with van der Waals surface area (Å²) in [4.78, 5) is 71.9. The smallest absolute Gasteiger partial charge is 0.245 e. The minimum Gasteiger partial charge on any atom is -0.497 e.